The maximum atomic E-state index is 12.3. The fourth-order valence-electron chi connectivity index (χ4n) is 4.06. The number of carbonyl (C=O) groups is 1. The number of nitrogens with zero attached hydrogens (tertiary/aromatic N) is 1. The molecule has 3 N–H and O–H groups in total. The van der Waals surface area contributed by atoms with Gasteiger partial charge in [-0.15, -0.1) is 12.4 Å². The number of nitrogens with one attached hydrogen (secondary N) is 1. The maximum absolute atomic E-state index is 12.3. The van der Waals surface area contributed by atoms with Gasteiger partial charge in [-0.2, -0.15) is 0 Å². The Labute approximate surface area is 142 Å². The van der Waals surface area contributed by atoms with Gasteiger partial charge in [0.25, 0.3) is 0 Å². The molecule has 2 aliphatic carbocycles. The van der Waals surface area contributed by atoms with E-state index < -0.39 is 0 Å². The molecule has 22 heavy (non-hydrogen) atoms. The van der Waals surface area contributed by atoms with Crippen LogP contribution in [0.4, 0.5) is 0 Å². The Bertz CT molecular complexity index is 343. The molecule has 2 saturated carbocycles. The highest BCUT2D eigenvalue weighted by Gasteiger charge is 2.34. The largest absolute Gasteiger partial charge is 0.354 e. The Balaban J connectivity index is 0.00000242. The van der Waals surface area contributed by atoms with Crippen LogP contribution in [0.5, 0.6) is 0 Å². The predicted molar refractivity (Wildman–Crippen MR) is 94.3 cm³/mol. The van der Waals surface area contributed by atoms with E-state index >= 15 is 0 Å². The van der Waals surface area contributed by atoms with Gasteiger partial charge in [-0.25, -0.2) is 0 Å². The van der Waals surface area contributed by atoms with Gasteiger partial charge in [-0.1, -0.05) is 32.1 Å². The summed E-state index contributed by atoms with van der Waals surface area (Å²) in [6.45, 7) is 0.792. The topological polar surface area (TPSA) is 58.4 Å². The average molecular weight is 332 g/mol. The molecule has 2 unspecified atom stereocenters. The van der Waals surface area contributed by atoms with Gasteiger partial charge >= 0.3 is 0 Å². The third kappa shape index (κ3) is 5.10. The first-order chi connectivity index (χ1) is 10.0. The summed E-state index contributed by atoms with van der Waals surface area (Å²) in [5.74, 6) is 0.588. The van der Waals surface area contributed by atoms with Crippen molar-refractivity contribution in [2.24, 2.45) is 11.7 Å². The molecule has 0 spiro atoms. The van der Waals surface area contributed by atoms with E-state index in [1.807, 2.05) is 0 Å². The molecule has 2 fully saturated rings. The highest BCUT2D eigenvalue weighted by atomic mass is 35.5. The first-order valence-electron chi connectivity index (χ1n) is 8.73. The van der Waals surface area contributed by atoms with Gasteiger partial charge in [-0.05, 0) is 45.7 Å². The van der Waals surface area contributed by atoms with Crippen molar-refractivity contribution in [3.63, 3.8) is 0 Å². The lowest BCUT2D eigenvalue weighted by molar-refractivity contribution is -0.123. The number of likely N-dealkylation sites (N-methyl/N-ethyl adjacent to an activating group) is 1. The van der Waals surface area contributed by atoms with Crippen molar-refractivity contribution in [1.82, 2.24) is 10.2 Å². The van der Waals surface area contributed by atoms with E-state index in [0.29, 0.717) is 12.3 Å². The number of amides is 1. The molecule has 0 aliphatic heterocycles. The summed E-state index contributed by atoms with van der Waals surface area (Å²) in [4.78, 5) is 14.6. The zero-order valence-electron chi connectivity index (χ0n) is 14.3. The summed E-state index contributed by atoms with van der Waals surface area (Å²) in [5, 5.41) is 3.21. The predicted octanol–water partition coefficient (Wildman–Crippen LogP) is 2.70. The second kappa shape index (κ2) is 9.09. The van der Waals surface area contributed by atoms with E-state index in [-0.39, 0.29) is 29.9 Å². The number of hydrogen-bond donors (Lipinski definition) is 2. The first kappa shape index (κ1) is 19.7. The Morgan fingerprint density at radius 1 is 1.14 bits per heavy atom. The van der Waals surface area contributed by atoms with Crippen LogP contribution in [0.25, 0.3) is 0 Å². The van der Waals surface area contributed by atoms with Crippen molar-refractivity contribution in [2.45, 2.75) is 75.8 Å². The smallest absolute Gasteiger partial charge is 0.220 e. The molecule has 0 aromatic heterocycles. The van der Waals surface area contributed by atoms with Crippen molar-refractivity contribution in [3.05, 3.63) is 0 Å². The number of halogens is 1. The summed E-state index contributed by atoms with van der Waals surface area (Å²) >= 11 is 0. The van der Waals surface area contributed by atoms with Crippen LogP contribution in [0.2, 0.25) is 0 Å². The molecular weight excluding hydrogens is 298 g/mol. The summed E-state index contributed by atoms with van der Waals surface area (Å²) in [7, 11) is 4.29. The van der Waals surface area contributed by atoms with Crippen LogP contribution >= 0.6 is 12.4 Å². The Kier molecular flexibility index (Phi) is 8.15. The average Bonchev–Trinajstić information content (AvgIpc) is 2.48. The van der Waals surface area contributed by atoms with Crippen LogP contribution in [-0.4, -0.2) is 43.0 Å². The highest BCUT2D eigenvalue weighted by Crippen LogP contribution is 2.32. The lowest BCUT2D eigenvalue weighted by atomic mass is 9.80. The van der Waals surface area contributed by atoms with Crippen molar-refractivity contribution < 1.29 is 4.79 Å². The summed E-state index contributed by atoms with van der Waals surface area (Å²) < 4.78 is 0. The normalized spacial score (nSPS) is 28.0. The lowest BCUT2D eigenvalue weighted by Gasteiger charge is -2.43. The third-order valence-electron chi connectivity index (χ3n) is 5.76. The fraction of sp³-hybridized carbons (Fsp3) is 0.941. The number of hydrogen-bond acceptors (Lipinski definition) is 3. The van der Waals surface area contributed by atoms with E-state index in [4.69, 9.17) is 5.73 Å². The fourth-order valence-corrected chi connectivity index (χ4v) is 4.06. The molecule has 2 atom stereocenters. The monoisotopic (exact) mass is 331 g/mol. The highest BCUT2D eigenvalue weighted by molar-refractivity contribution is 5.85. The molecule has 0 aromatic rings. The maximum Gasteiger partial charge on any atom is 0.220 e. The standard InChI is InChI=1S/C17H33N3O.ClH/c1-20(2)17(10-6-3-7-11-17)13-19-16(21)12-14-8-4-5-9-15(14)18;/h14-15H,3-13,18H2,1-2H3,(H,19,21);1H. The second-order valence-corrected chi connectivity index (χ2v) is 7.37. The lowest BCUT2D eigenvalue weighted by Crippen LogP contribution is -2.54. The molecule has 5 heteroatoms. The number of carbonyl (C=O) groups excluding carboxylic acids is 1. The summed E-state index contributed by atoms with van der Waals surface area (Å²) in [6.07, 6.45) is 11.6. The van der Waals surface area contributed by atoms with Crippen LogP contribution in [0, 0.1) is 5.92 Å². The van der Waals surface area contributed by atoms with E-state index in [0.717, 1.165) is 19.4 Å². The van der Waals surface area contributed by atoms with E-state index in [1.165, 1.54) is 44.9 Å². The van der Waals surface area contributed by atoms with Gasteiger partial charge in [0.2, 0.25) is 5.91 Å². The molecule has 0 bridgehead atoms. The van der Waals surface area contributed by atoms with Gasteiger partial charge in [-0.3, -0.25) is 4.79 Å². The first-order valence-corrected chi connectivity index (χ1v) is 8.73. The number of rotatable bonds is 5. The molecule has 130 valence electrons. The van der Waals surface area contributed by atoms with Crippen LogP contribution in [0.3, 0.4) is 0 Å². The van der Waals surface area contributed by atoms with Crippen molar-refractivity contribution in [2.75, 3.05) is 20.6 Å². The van der Waals surface area contributed by atoms with Crippen LogP contribution in [0.1, 0.15) is 64.2 Å². The molecule has 4 nitrogen and oxygen atoms in total. The zero-order valence-corrected chi connectivity index (χ0v) is 15.1. The van der Waals surface area contributed by atoms with Gasteiger partial charge in [0, 0.05) is 24.5 Å². The SMILES string of the molecule is CN(C)C1(CNC(=O)CC2CCCCC2N)CCCCC1.Cl. The molecule has 0 heterocycles. The van der Waals surface area contributed by atoms with Crippen molar-refractivity contribution in [1.29, 1.82) is 0 Å². The third-order valence-corrected chi connectivity index (χ3v) is 5.76. The van der Waals surface area contributed by atoms with Crippen molar-refractivity contribution in [3.8, 4) is 0 Å². The Hall–Kier alpha value is -0.320. The molecule has 2 rings (SSSR count). The zero-order chi connectivity index (χ0) is 15.3. The van der Waals surface area contributed by atoms with E-state index in [2.05, 4.69) is 24.3 Å². The van der Waals surface area contributed by atoms with E-state index in [9.17, 15) is 4.79 Å². The van der Waals surface area contributed by atoms with Gasteiger partial charge < -0.3 is 16.0 Å². The second-order valence-electron chi connectivity index (χ2n) is 7.37. The Morgan fingerprint density at radius 2 is 1.77 bits per heavy atom. The minimum Gasteiger partial charge on any atom is -0.354 e. The molecule has 0 radical (unpaired) electrons. The Morgan fingerprint density at radius 3 is 2.36 bits per heavy atom. The van der Waals surface area contributed by atoms with Crippen molar-refractivity contribution >= 4 is 18.3 Å². The van der Waals surface area contributed by atoms with Crippen LogP contribution in [-0.2, 0) is 4.79 Å². The van der Waals surface area contributed by atoms with Crippen LogP contribution < -0.4 is 11.1 Å². The number of nitrogens with two attached hydrogens (primary N) is 1. The van der Waals surface area contributed by atoms with Gasteiger partial charge in [0.05, 0.1) is 0 Å². The van der Waals surface area contributed by atoms with Crippen LogP contribution in [0.15, 0.2) is 0 Å². The summed E-state index contributed by atoms with van der Waals surface area (Å²) in [5.41, 5.74) is 6.32. The minimum absolute atomic E-state index is 0. The van der Waals surface area contributed by atoms with E-state index in [1.54, 1.807) is 0 Å². The molecular formula is C17H34ClN3O. The molecule has 0 saturated heterocycles. The van der Waals surface area contributed by atoms with Gasteiger partial charge in [0.1, 0.15) is 0 Å². The molecule has 2 aliphatic rings. The molecule has 1 amide bonds. The minimum atomic E-state index is 0. The molecule has 0 aromatic carbocycles. The van der Waals surface area contributed by atoms with Gasteiger partial charge in [0.15, 0.2) is 0 Å². The quantitative estimate of drug-likeness (QED) is 0.814. The summed E-state index contributed by atoms with van der Waals surface area (Å²) in [6, 6.07) is 0.224.